The van der Waals surface area contributed by atoms with Gasteiger partial charge in [-0.2, -0.15) is 0 Å². The van der Waals surface area contributed by atoms with Crippen LogP contribution < -0.4 is 10.6 Å². The molecule has 4 unspecified atom stereocenters. The van der Waals surface area contributed by atoms with Gasteiger partial charge in [0.1, 0.15) is 34.5 Å². The quantitative estimate of drug-likeness (QED) is 0.157. The monoisotopic (exact) mass is 551 g/mol. The molecule has 1 aliphatic heterocycles. The van der Waals surface area contributed by atoms with Crippen LogP contribution in [0.25, 0.3) is 0 Å². The largest absolute Gasteiger partial charge is 0.510 e. The van der Waals surface area contributed by atoms with E-state index in [0.717, 1.165) is 5.56 Å². The first kappa shape index (κ1) is 30.9. The normalized spacial score (nSPS) is 19.3. The third-order valence-electron chi connectivity index (χ3n) is 6.13. The molecule has 1 aromatic rings. The van der Waals surface area contributed by atoms with Crippen molar-refractivity contribution in [2.45, 2.75) is 91.5 Å². The van der Waals surface area contributed by atoms with Crippen LogP contribution in [0.5, 0.6) is 0 Å². The molecule has 1 aliphatic rings. The minimum absolute atomic E-state index is 0.00721. The fourth-order valence-electron chi connectivity index (χ4n) is 3.47. The highest BCUT2D eigenvalue weighted by atomic mass is 28.2. The van der Waals surface area contributed by atoms with E-state index in [-0.39, 0.29) is 30.1 Å². The van der Waals surface area contributed by atoms with Crippen molar-refractivity contribution < 1.29 is 38.1 Å². The summed E-state index contributed by atoms with van der Waals surface area (Å²) in [5.41, 5.74) is 0.368. The van der Waals surface area contributed by atoms with Crippen LogP contribution in [0.15, 0.2) is 30.3 Å². The molecular formula is C26H41N3O8Si. The second kappa shape index (κ2) is 13.0. The Morgan fingerprint density at radius 1 is 1.00 bits per heavy atom. The molecule has 0 radical (unpaired) electrons. The summed E-state index contributed by atoms with van der Waals surface area (Å²) >= 11 is 0. The molecule has 4 atom stereocenters. The number of hydrogen-bond donors (Lipinski definition) is 2. The number of alkyl carbamates (subject to hydrolysis) is 2. The zero-order valence-corrected chi connectivity index (χ0v) is 24.9. The maximum atomic E-state index is 13.0. The van der Waals surface area contributed by atoms with Gasteiger partial charge in [0.2, 0.25) is 5.91 Å². The number of ether oxygens (including phenoxy) is 4. The van der Waals surface area contributed by atoms with Crippen LogP contribution in [0.1, 0.15) is 61.0 Å². The predicted octanol–water partition coefficient (Wildman–Crippen LogP) is 3.45. The fourth-order valence-corrected chi connectivity index (χ4v) is 5.57. The van der Waals surface area contributed by atoms with Gasteiger partial charge in [0, 0.05) is 0 Å². The fraction of sp³-hybridized carbons (Fsp3) is 0.615. The van der Waals surface area contributed by atoms with Gasteiger partial charge in [0.15, 0.2) is 6.23 Å². The molecule has 0 bridgehead atoms. The van der Waals surface area contributed by atoms with Crippen molar-refractivity contribution in [1.29, 1.82) is 0 Å². The second-order valence-electron chi connectivity index (χ2n) is 11.5. The highest BCUT2D eigenvalue weighted by Gasteiger charge is 2.49. The first-order chi connectivity index (χ1) is 17.6. The zero-order valence-electron chi connectivity index (χ0n) is 23.5. The van der Waals surface area contributed by atoms with Crippen LogP contribution in [0.2, 0.25) is 5.54 Å². The van der Waals surface area contributed by atoms with Crippen molar-refractivity contribution in [3.63, 3.8) is 0 Å². The van der Waals surface area contributed by atoms with E-state index in [4.69, 9.17) is 18.9 Å². The Morgan fingerprint density at radius 3 is 2.21 bits per heavy atom. The van der Waals surface area contributed by atoms with Crippen molar-refractivity contribution in [2.75, 3.05) is 6.61 Å². The SMILES string of the molecule is CC(NC(=O)OC(C)(C)C)OC(=O)OCC1C(NC(=O)OCc2ccccc2)C(=O)N1[SiH2]C(C)C(C)(C)C. The number of benzene rings is 1. The molecule has 38 heavy (non-hydrogen) atoms. The van der Waals surface area contributed by atoms with E-state index in [9.17, 15) is 19.2 Å². The number of nitrogens with zero attached hydrogens (tertiary/aromatic N) is 1. The van der Waals surface area contributed by atoms with Crippen molar-refractivity contribution >= 4 is 33.9 Å². The number of amides is 3. The Kier molecular flexibility index (Phi) is 10.6. The highest BCUT2D eigenvalue weighted by Crippen LogP contribution is 2.33. The van der Waals surface area contributed by atoms with Crippen molar-refractivity contribution in [1.82, 2.24) is 15.2 Å². The Labute approximate surface area is 226 Å². The summed E-state index contributed by atoms with van der Waals surface area (Å²) in [5, 5.41) is 4.99. The molecular weight excluding hydrogens is 510 g/mol. The van der Waals surface area contributed by atoms with E-state index >= 15 is 0 Å². The Hall–Kier alpha value is -3.28. The topological polar surface area (TPSA) is 133 Å². The average molecular weight is 552 g/mol. The second-order valence-corrected chi connectivity index (χ2v) is 13.7. The molecule has 3 amide bonds. The number of hydrogen-bond acceptors (Lipinski definition) is 8. The lowest BCUT2D eigenvalue weighted by Crippen LogP contribution is -2.73. The summed E-state index contributed by atoms with van der Waals surface area (Å²) in [4.78, 5) is 49.5. The third kappa shape index (κ3) is 9.88. The van der Waals surface area contributed by atoms with Gasteiger partial charge < -0.3 is 28.8 Å². The summed E-state index contributed by atoms with van der Waals surface area (Å²) in [7, 11) is -1.08. The molecule has 11 nitrogen and oxygen atoms in total. The first-order valence-electron chi connectivity index (χ1n) is 12.7. The van der Waals surface area contributed by atoms with E-state index in [1.54, 1.807) is 25.3 Å². The van der Waals surface area contributed by atoms with E-state index in [1.165, 1.54) is 6.92 Å². The minimum atomic E-state index is -1.08. The predicted molar refractivity (Wildman–Crippen MR) is 143 cm³/mol. The van der Waals surface area contributed by atoms with Crippen molar-refractivity contribution in [3.05, 3.63) is 35.9 Å². The van der Waals surface area contributed by atoms with Gasteiger partial charge in [-0.15, -0.1) is 0 Å². The van der Waals surface area contributed by atoms with Gasteiger partial charge >= 0.3 is 18.3 Å². The molecule has 12 heteroatoms. The van der Waals surface area contributed by atoms with Gasteiger partial charge in [-0.1, -0.05) is 58.0 Å². The number of rotatable bonds is 9. The van der Waals surface area contributed by atoms with E-state index in [0.29, 0.717) is 0 Å². The molecule has 2 rings (SSSR count). The molecule has 0 spiro atoms. The van der Waals surface area contributed by atoms with Crippen LogP contribution in [0.4, 0.5) is 14.4 Å². The lowest BCUT2D eigenvalue weighted by molar-refractivity contribution is -0.145. The van der Waals surface area contributed by atoms with Crippen LogP contribution in [0, 0.1) is 5.41 Å². The van der Waals surface area contributed by atoms with E-state index in [1.807, 2.05) is 30.3 Å². The van der Waals surface area contributed by atoms with Gasteiger partial charge in [-0.25, -0.2) is 14.4 Å². The molecule has 1 aromatic carbocycles. The first-order valence-corrected chi connectivity index (χ1v) is 14.1. The number of carbonyl (C=O) groups is 4. The smallest absolute Gasteiger partial charge is 0.445 e. The summed E-state index contributed by atoms with van der Waals surface area (Å²) in [6.07, 6.45) is -3.51. The lowest BCUT2D eigenvalue weighted by Gasteiger charge is -2.49. The van der Waals surface area contributed by atoms with E-state index in [2.05, 4.69) is 38.3 Å². The molecule has 1 heterocycles. The molecule has 2 N–H and O–H groups in total. The summed E-state index contributed by atoms with van der Waals surface area (Å²) < 4.78 is 22.5. The lowest BCUT2D eigenvalue weighted by atomic mass is 9.93. The summed E-state index contributed by atoms with van der Waals surface area (Å²) in [5.74, 6) is -0.230. The molecule has 0 saturated carbocycles. The van der Waals surface area contributed by atoms with Gasteiger partial charge in [0.25, 0.3) is 0 Å². The number of nitrogens with one attached hydrogen (secondary N) is 2. The number of β-lactam (4-membered cyclic amide) rings is 1. The maximum absolute atomic E-state index is 13.0. The summed E-state index contributed by atoms with van der Waals surface area (Å²) in [6.45, 7) is 14.9. The number of carbonyl (C=O) groups excluding carboxylic acids is 4. The van der Waals surface area contributed by atoms with Crippen LogP contribution in [0.3, 0.4) is 0 Å². The molecule has 1 fully saturated rings. The summed E-state index contributed by atoms with van der Waals surface area (Å²) in [6, 6.07) is 7.74. The molecule has 212 valence electrons. The Bertz CT molecular complexity index is 977. The van der Waals surface area contributed by atoms with Gasteiger partial charge in [-0.3, -0.25) is 10.1 Å². The maximum Gasteiger partial charge on any atom is 0.510 e. The van der Waals surface area contributed by atoms with Gasteiger partial charge in [-0.05, 0) is 44.2 Å². The van der Waals surface area contributed by atoms with Gasteiger partial charge in [0.05, 0.1) is 6.04 Å². The standard InChI is InChI=1S/C26H41N3O8Si/c1-16(25(3,4)5)38-29-19(15-35-24(33)36-17(2)27-23(32)37-26(6,7)8)20(21(29)30)28-22(31)34-14-18-12-10-9-11-13-18/h9-13,16-17,19-20H,14-15,38H2,1-8H3,(H,27,32)(H,28,31). The van der Waals surface area contributed by atoms with Crippen LogP contribution in [-0.2, 0) is 30.3 Å². The van der Waals surface area contributed by atoms with Crippen molar-refractivity contribution in [3.8, 4) is 0 Å². The Balaban J connectivity index is 1.96. The van der Waals surface area contributed by atoms with Crippen LogP contribution >= 0.6 is 0 Å². The van der Waals surface area contributed by atoms with Crippen LogP contribution in [-0.4, -0.2) is 69.0 Å². The van der Waals surface area contributed by atoms with E-state index < -0.39 is 51.9 Å². The minimum Gasteiger partial charge on any atom is -0.445 e. The Morgan fingerprint density at radius 2 is 1.63 bits per heavy atom. The molecule has 0 aliphatic carbocycles. The zero-order chi connectivity index (χ0) is 28.7. The average Bonchev–Trinajstić information content (AvgIpc) is 2.79. The molecule has 0 aromatic heterocycles. The highest BCUT2D eigenvalue weighted by molar-refractivity contribution is 6.41. The third-order valence-corrected chi connectivity index (χ3v) is 9.08. The van der Waals surface area contributed by atoms with Crippen molar-refractivity contribution in [2.24, 2.45) is 5.41 Å². The molecule has 1 saturated heterocycles.